The summed E-state index contributed by atoms with van der Waals surface area (Å²) in [5.41, 5.74) is 0. The summed E-state index contributed by atoms with van der Waals surface area (Å²) < 4.78 is 0. The summed E-state index contributed by atoms with van der Waals surface area (Å²) >= 11 is 0. The third kappa shape index (κ3) is 5.14. The second kappa shape index (κ2) is 7.24. The van der Waals surface area contributed by atoms with Gasteiger partial charge in [0.2, 0.25) is 5.91 Å². The summed E-state index contributed by atoms with van der Waals surface area (Å²) in [4.78, 5) is 24.4. The molecular formula is C11H22N2O4. The minimum absolute atomic E-state index is 0.0410. The maximum Gasteiger partial charge on any atom is 0.326 e. The van der Waals surface area contributed by atoms with E-state index in [1.165, 1.54) is 0 Å². The van der Waals surface area contributed by atoms with Gasteiger partial charge in [-0.1, -0.05) is 13.8 Å². The Bertz CT molecular complexity index is 268. The average molecular weight is 246 g/mol. The molecule has 0 radical (unpaired) electrons. The molecule has 1 amide bonds. The molecule has 100 valence electrons. The zero-order valence-corrected chi connectivity index (χ0v) is 10.8. The van der Waals surface area contributed by atoms with E-state index in [1.807, 2.05) is 0 Å². The number of hydrogen-bond donors (Lipinski definition) is 3. The summed E-state index contributed by atoms with van der Waals surface area (Å²) in [5.74, 6) is -1.56. The first-order valence-electron chi connectivity index (χ1n) is 5.65. The van der Waals surface area contributed by atoms with E-state index in [1.54, 1.807) is 32.7 Å². The van der Waals surface area contributed by atoms with Crippen molar-refractivity contribution >= 4 is 11.9 Å². The number of nitrogens with one attached hydrogen (secondary N) is 1. The number of likely N-dealkylation sites (N-methyl/N-ethyl adjacent to an activating group) is 1. The summed E-state index contributed by atoms with van der Waals surface area (Å²) in [6.07, 6.45) is 0. The van der Waals surface area contributed by atoms with Crippen LogP contribution in [0.1, 0.15) is 20.8 Å². The Morgan fingerprint density at radius 3 is 2.18 bits per heavy atom. The van der Waals surface area contributed by atoms with Gasteiger partial charge in [0.1, 0.15) is 6.04 Å². The summed E-state index contributed by atoms with van der Waals surface area (Å²) in [6.45, 7) is 5.47. The minimum Gasteiger partial charge on any atom is -0.480 e. The van der Waals surface area contributed by atoms with Crippen LogP contribution >= 0.6 is 0 Å². The first-order valence-corrected chi connectivity index (χ1v) is 5.65. The quantitative estimate of drug-likeness (QED) is 0.565. The average Bonchev–Trinajstić information content (AvgIpc) is 2.23. The van der Waals surface area contributed by atoms with Gasteiger partial charge in [-0.15, -0.1) is 0 Å². The van der Waals surface area contributed by atoms with Crippen molar-refractivity contribution in [3.8, 4) is 0 Å². The van der Waals surface area contributed by atoms with E-state index >= 15 is 0 Å². The summed E-state index contributed by atoms with van der Waals surface area (Å²) in [6, 6.07) is -1.35. The molecule has 0 aromatic rings. The van der Waals surface area contributed by atoms with Gasteiger partial charge in [-0.05, 0) is 19.9 Å². The number of carbonyl (C=O) groups excluding carboxylic acids is 1. The maximum atomic E-state index is 11.8. The van der Waals surface area contributed by atoms with Crippen molar-refractivity contribution in [1.82, 2.24) is 10.2 Å². The van der Waals surface area contributed by atoms with Crippen molar-refractivity contribution in [1.29, 1.82) is 0 Å². The van der Waals surface area contributed by atoms with Gasteiger partial charge in [0, 0.05) is 6.54 Å². The van der Waals surface area contributed by atoms with Crippen LogP contribution in [0.15, 0.2) is 0 Å². The van der Waals surface area contributed by atoms with Gasteiger partial charge >= 0.3 is 5.97 Å². The molecule has 6 heteroatoms. The Balaban J connectivity index is 4.45. The highest BCUT2D eigenvalue weighted by Crippen LogP contribution is 2.03. The number of nitrogens with zero attached hydrogens (tertiary/aromatic N) is 1. The maximum absolute atomic E-state index is 11.8. The molecule has 0 fully saturated rings. The second-order valence-corrected chi connectivity index (χ2v) is 4.45. The Labute approximate surface area is 102 Å². The number of carboxylic acids is 1. The molecule has 0 aromatic carbocycles. The Hall–Kier alpha value is -1.14. The van der Waals surface area contributed by atoms with Gasteiger partial charge in [-0.25, -0.2) is 4.79 Å². The van der Waals surface area contributed by atoms with Gasteiger partial charge in [-0.3, -0.25) is 9.69 Å². The SMILES string of the molecule is CC(C)C(NC(=O)C(C)N(C)CCO)C(=O)O. The minimum atomic E-state index is -1.04. The monoisotopic (exact) mass is 246 g/mol. The summed E-state index contributed by atoms with van der Waals surface area (Å²) in [5, 5.41) is 20.2. The van der Waals surface area contributed by atoms with E-state index in [-0.39, 0.29) is 18.4 Å². The smallest absolute Gasteiger partial charge is 0.326 e. The fourth-order valence-corrected chi connectivity index (χ4v) is 1.34. The standard InChI is InChI=1S/C11H22N2O4/c1-7(2)9(11(16)17)12-10(15)8(3)13(4)5-6-14/h7-9,14H,5-6H2,1-4H3,(H,12,15)(H,16,17). The van der Waals surface area contributed by atoms with Gasteiger partial charge in [0.05, 0.1) is 12.6 Å². The van der Waals surface area contributed by atoms with E-state index in [0.717, 1.165) is 0 Å². The molecule has 0 saturated carbocycles. The normalized spacial score (nSPS) is 14.8. The van der Waals surface area contributed by atoms with Crippen LogP contribution < -0.4 is 5.32 Å². The molecule has 0 bridgehead atoms. The molecular weight excluding hydrogens is 224 g/mol. The highest BCUT2D eigenvalue weighted by Gasteiger charge is 2.26. The van der Waals surface area contributed by atoms with E-state index in [0.29, 0.717) is 6.54 Å². The number of amides is 1. The Morgan fingerprint density at radius 2 is 1.82 bits per heavy atom. The molecule has 0 saturated heterocycles. The number of aliphatic hydroxyl groups excluding tert-OH is 1. The number of carbonyl (C=O) groups is 2. The van der Waals surface area contributed by atoms with E-state index in [9.17, 15) is 9.59 Å². The van der Waals surface area contributed by atoms with E-state index in [2.05, 4.69) is 5.32 Å². The zero-order valence-electron chi connectivity index (χ0n) is 10.8. The predicted octanol–water partition coefficient (Wildman–Crippen LogP) is -0.476. The van der Waals surface area contributed by atoms with Crippen LogP contribution in [-0.4, -0.2) is 59.3 Å². The van der Waals surface area contributed by atoms with Gasteiger partial charge < -0.3 is 15.5 Å². The second-order valence-electron chi connectivity index (χ2n) is 4.45. The largest absolute Gasteiger partial charge is 0.480 e. The molecule has 0 aliphatic carbocycles. The summed E-state index contributed by atoms with van der Waals surface area (Å²) in [7, 11) is 1.70. The van der Waals surface area contributed by atoms with Crippen LogP contribution in [0.3, 0.4) is 0 Å². The molecule has 3 N–H and O–H groups in total. The lowest BCUT2D eigenvalue weighted by Gasteiger charge is -2.25. The van der Waals surface area contributed by atoms with Gasteiger partial charge in [0.25, 0.3) is 0 Å². The Morgan fingerprint density at radius 1 is 1.29 bits per heavy atom. The third-order valence-electron chi connectivity index (χ3n) is 2.72. The number of aliphatic hydroxyl groups is 1. The van der Waals surface area contributed by atoms with Crippen LogP contribution in [-0.2, 0) is 9.59 Å². The van der Waals surface area contributed by atoms with Crippen molar-refractivity contribution in [2.24, 2.45) is 5.92 Å². The van der Waals surface area contributed by atoms with Crippen molar-refractivity contribution in [2.45, 2.75) is 32.9 Å². The predicted molar refractivity (Wildman–Crippen MR) is 63.6 cm³/mol. The van der Waals surface area contributed by atoms with Gasteiger partial charge in [0.15, 0.2) is 0 Å². The number of carboxylic acid groups (broad SMARTS) is 1. The van der Waals surface area contributed by atoms with Crippen LogP contribution in [0.2, 0.25) is 0 Å². The Kier molecular flexibility index (Phi) is 6.75. The molecule has 0 aliphatic heterocycles. The van der Waals surface area contributed by atoms with Crippen LogP contribution in [0, 0.1) is 5.92 Å². The van der Waals surface area contributed by atoms with E-state index < -0.39 is 18.1 Å². The fraction of sp³-hybridized carbons (Fsp3) is 0.818. The van der Waals surface area contributed by atoms with Crippen molar-refractivity contribution in [3.63, 3.8) is 0 Å². The first kappa shape index (κ1) is 15.9. The van der Waals surface area contributed by atoms with E-state index in [4.69, 9.17) is 10.2 Å². The highest BCUT2D eigenvalue weighted by atomic mass is 16.4. The van der Waals surface area contributed by atoms with Crippen molar-refractivity contribution in [2.75, 3.05) is 20.2 Å². The molecule has 0 rings (SSSR count). The highest BCUT2D eigenvalue weighted by molar-refractivity contribution is 5.86. The molecule has 0 aromatic heterocycles. The molecule has 0 spiro atoms. The molecule has 0 heterocycles. The van der Waals surface area contributed by atoms with Crippen molar-refractivity contribution < 1.29 is 19.8 Å². The van der Waals surface area contributed by atoms with Crippen LogP contribution in [0.5, 0.6) is 0 Å². The molecule has 6 nitrogen and oxygen atoms in total. The van der Waals surface area contributed by atoms with Gasteiger partial charge in [-0.2, -0.15) is 0 Å². The lowest BCUT2D eigenvalue weighted by Crippen LogP contribution is -2.51. The number of rotatable bonds is 7. The lowest BCUT2D eigenvalue weighted by molar-refractivity contribution is -0.143. The first-order chi connectivity index (χ1) is 7.81. The third-order valence-corrected chi connectivity index (χ3v) is 2.72. The number of aliphatic carboxylic acids is 1. The molecule has 2 unspecified atom stereocenters. The van der Waals surface area contributed by atoms with Crippen molar-refractivity contribution in [3.05, 3.63) is 0 Å². The molecule has 0 aliphatic rings. The molecule has 17 heavy (non-hydrogen) atoms. The lowest BCUT2D eigenvalue weighted by atomic mass is 10.0. The topological polar surface area (TPSA) is 89.9 Å². The number of hydrogen-bond acceptors (Lipinski definition) is 4. The fourth-order valence-electron chi connectivity index (χ4n) is 1.34. The van der Waals surface area contributed by atoms with Crippen LogP contribution in [0.4, 0.5) is 0 Å². The molecule has 2 atom stereocenters. The van der Waals surface area contributed by atoms with Crippen LogP contribution in [0.25, 0.3) is 0 Å². The zero-order chi connectivity index (χ0) is 13.6.